The first-order chi connectivity index (χ1) is 9.56. The number of hydrogen-bond acceptors (Lipinski definition) is 2. The van der Waals surface area contributed by atoms with E-state index in [1.165, 1.54) is 0 Å². The number of amides is 1. The summed E-state index contributed by atoms with van der Waals surface area (Å²) in [7, 11) is 0. The van der Waals surface area contributed by atoms with Crippen LogP contribution in [0.1, 0.15) is 17.2 Å². The van der Waals surface area contributed by atoms with Crippen molar-refractivity contribution < 1.29 is 4.79 Å². The highest BCUT2D eigenvalue weighted by atomic mass is 79.9. The number of carbonyl (C=O) groups is 1. The van der Waals surface area contributed by atoms with Crippen LogP contribution in [0, 0.1) is 6.92 Å². The van der Waals surface area contributed by atoms with E-state index in [2.05, 4.69) is 26.6 Å². The molecule has 1 atom stereocenters. The Bertz CT molecular complexity index is 702. The zero-order valence-corrected chi connectivity index (χ0v) is 13.0. The molecule has 3 rings (SSSR count). The Morgan fingerprint density at radius 1 is 1.30 bits per heavy atom. The van der Waals surface area contributed by atoms with Gasteiger partial charge >= 0.3 is 0 Å². The fraction of sp³-hybridized carbons (Fsp3) is 0.133. The molecule has 0 aromatic heterocycles. The minimum atomic E-state index is -0.417. The molecule has 1 unspecified atom stereocenters. The molecule has 0 saturated carbocycles. The Morgan fingerprint density at radius 2 is 2.10 bits per heavy atom. The van der Waals surface area contributed by atoms with Gasteiger partial charge < -0.3 is 10.6 Å². The van der Waals surface area contributed by atoms with Gasteiger partial charge in [-0.15, -0.1) is 0 Å². The molecule has 20 heavy (non-hydrogen) atoms. The van der Waals surface area contributed by atoms with Crippen molar-refractivity contribution in [1.82, 2.24) is 0 Å². The summed E-state index contributed by atoms with van der Waals surface area (Å²) in [4.78, 5) is 12.1. The third-order valence-corrected chi connectivity index (χ3v) is 4.44. The molecular weight excluding hydrogens is 340 g/mol. The largest absolute Gasteiger partial charge is 0.370 e. The van der Waals surface area contributed by atoms with Crippen LogP contribution in [0.4, 0.5) is 11.4 Å². The molecule has 1 aliphatic rings. The topological polar surface area (TPSA) is 41.1 Å². The van der Waals surface area contributed by atoms with Gasteiger partial charge in [-0.2, -0.15) is 0 Å². The molecule has 0 spiro atoms. The Labute approximate surface area is 130 Å². The zero-order valence-electron chi connectivity index (χ0n) is 10.7. The molecule has 0 bridgehead atoms. The molecule has 0 radical (unpaired) electrons. The maximum atomic E-state index is 12.1. The van der Waals surface area contributed by atoms with Crippen LogP contribution in [0.3, 0.4) is 0 Å². The zero-order chi connectivity index (χ0) is 14.3. The first kappa shape index (κ1) is 13.5. The second-order valence-corrected chi connectivity index (χ2v) is 5.99. The number of rotatable bonds is 2. The second kappa shape index (κ2) is 5.11. The molecule has 1 amide bonds. The van der Waals surface area contributed by atoms with Crippen LogP contribution < -0.4 is 10.6 Å². The monoisotopic (exact) mass is 350 g/mol. The quantitative estimate of drug-likeness (QED) is 0.835. The van der Waals surface area contributed by atoms with Gasteiger partial charge in [0, 0.05) is 26.4 Å². The molecule has 2 aromatic rings. The number of halogens is 2. The summed E-state index contributed by atoms with van der Waals surface area (Å²) in [6.45, 7) is 1.94. The minimum absolute atomic E-state index is 0.0661. The summed E-state index contributed by atoms with van der Waals surface area (Å²) in [5.74, 6) is -0.0661. The van der Waals surface area contributed by atoms with E-state index in [0.717, 1.165) is 27.0 Å². The van der Waals surface area contributed by atoms with Crippen molar-refractivity contribution in [2.45, 2.75) is 13.0 Å². The van der Waals surface area contributed by atoms with Crippen LogP contribution >= 0.6 is 27.5 Å². The van der Waals surface area contributed by atoms with E-state index < -0.39 is 6.04 Å². The highest BCUT2D eigenvalue weighted by molar-refractivity contribution is 9.10. The van der Waals surface area contributed by atoms with Crippen LogP contribution in [0.5, 0.6) is 0 Å². The normalized spacial score (nSPS) is 16.8. The molecule has 0 fully saturated rings. The summed E-state index contributed by atoms with van der Waals surface area (Å²) in [6.07, 6.45) is 0. The van der Waals surface area contributed by atoms with Crippen molar-refractivity contribution in [3.05, 3.63) is 57.0 Å². The molecular formula is C15H12BrClN2O. The predicted octanol–water partition coefficient (Wildman–Crippen LogP) is 4.52. The van der Waals surface area contributed by atoms with Gasteiger partial charge in [0.15, 0.2) is 0 Å². The van der Waals surface area contributed by atoms with Gasteiger partial charge in [-0.25, -0.2) is 0 Å². The first-order valence-corrected chi connectivity index (χ1v) is 7.35. The van der Waals surface area contributed by atoms with Gasteiger partial charge in [0.05, 0.1) is 0 Å². The van der Waals surface area contributed by atoms with Crippen molar-refractivity contribution in [1.29, 1.82) is 0 Å². The highest BCUT2D eigenvalue weighted by Gasteiger charge is 2.32. The summed E-state index contributed by atoms with van der Waals surface area (Å²) in [5.41, 5.74) is 3.59. The van der Waals surface area contributed by atoms with Crippen LogP contribution in [-0.4, -0.2) is 5.91 Å². The Balaban J connectivity index is 1.96. The van der Waals surface area contributed by atoms with Crippen molar-refractivity contribution in [2.24, 2.45) is 0 Å². The molecule has 2 aromatic carbocycles. The lowest BCUT2D eigenvalue weighted by molar-refractivity contribution is -0.116. The average molecular weight is 352 g/mol. The average Bonchev–Trinajstić information content (AvgIpc) is 2.72. The van der Waals surface area contributed by atoms with E-state index in [4.69, 9.17) is 11.6 Å². The van der Waals surface area contributed by atoms with E-state index in [-0.39, 0.29) is 5.91 Å². The van der Waals surface area contributed by atoms with Gasteiger partial charge in [0.2, 0.25) is 0 Å². The van der Waals surface area contributed by atoms with Crippen LogP contribution in [0.2, 0.25) is 5.02 Å². The van der Waals surface area contributed by atoms with Crippen molar-refractivity contribution >= 4 is 44.8 Å². The van der Waals surface area contributed by atoms with E-state index in [1.807, 2.05) is 43.3 Å². The van der Waals surface area contributed by atoms with Crippen LogP contribution in [-0.2, 0) is 4.79 Å². The van der Waals surface area contributed by atoms with Crippen molar-refractivity contribution in [3.8, 4) is 0 Å². The summed E-state index contributed by atoms with van der Waals surface area (Å²) in [6, 6.07) is 11.0. The predicted molar refractivity (Wildman–Crippen MR) is 85.3 cm³/mol. The summed E-state index contributed by atoms with van der Waals surface area (Å²) >= 11 is 9.61. The number of aryl methyl sites for hydroxylation is 1. The number of anilines is 2. The van der Waals surface area contributed by atoms with Gasteiger partial charge in [0.25, 0.3) is 5.91 Å². The lowest BCUT2D eigenvalue weighted by atomic mass is 10.1. The number of fused-ring (bicyclic) bond motifs is 1. The maximum Gasteiger partial charge on any atom is 0.251 e. The SMILES string of the molecule is Cc1ccc(NC2C(=O)Nc3cccc(Br)c32)cc1Cl. The Kier molecular flexibility index (Phi) is 3.44. The van der Waals surface area contributed by atoms with E-state index in [1.54, 1.807) is 0 Å². The molecule has 3 nitrogen and oxygen atoms in total. The smallest absolute Gasteiger partial charge is 0.251 e. The molecule has 2 N–H and O–H groups in total. The lowest BCUT2D eigenvalue weighted by Crippen LogP contribution is -2.19. The van der Waals surface area contributed by atoms with E-state index >= 15 is 0 Å². The van der Waals surface area contributed by atoms with E-state index in [0.29, 0.717) is 5.02 Å². The van der Waals surface area contributed by atoms with Gasteiger partial charge in [-0.05, 0) is 36.8 Å². The Hall–Kier alpha value is -1.52. The molecule has 102 valence electrons. The van der Waals surface area contributed by atoms with Crippen molar-refractivity contribution in [3.63, 3.8) is 0 Å². The third kappa shape index (κ3) is 2.30. The minimum Gasteiger partial charge on any atom is -0.370 e. The second-order valence-electron chi connectivity index (χ2n) is 4.73. The van der Waals surface area contributed by atoms with Crippen molar-refractivity contribution in [2.75, 3.05) is 10.6 Å². The molecule has 1 heterocycles. The number of benzene rings is 2. The van der Waals surface area contributed by atoms with E-state index in [9.17, 15) is 4.79 Å². The maximum absolute atomic E-state index is 12.1. The highest BCUT2D eigenvalue weighted by Crippen LogP contribution is 2.38. The third-order valence-electron chi connectivity index (χ3n) is 3.34. The lowest BCUT2D eigenvalue weighted by Gasteiger charge is -2.15. The number of carbonyl (C=O) groups excluding carboxylic acids is 1. The van der Waals surface area contributed by atoms with Gasteiger partial charge in [-0.1, -0.05) is 39.7 Å². The molecule has 5 heteroatoms. The summed E-state index contributed by atoms with van der Waals surface area (Å²) < 4.78 is 0.907. The van der Waals surface area contributed by atoms with Gasteiger partial charge in [-0.3, -0.25) is 4.79 Å². The molecule has 1 aliphatic heterocycles. The standard InChI is InChI=1S/C15H12BrClN2O/c1-8-5-6-9(7-11(8)17)18-14-13-10(16)3-2-4-12(13)19-15(14)20/h2-7,14,18H,1H3,(H,19,20). The number of nitrogens with one attached hydrogen (secondary N) is 2. The first-order valence-electron chi connectivity index (χ1n) is 6.18. The van der Waals surface area contributed by atoms with Gasteiger partial charge in [0.1, 0.15) is 6.04 Å². The molecule has 0 saturated heterocycles. The fourth-order valence-corrected chi connectivity index (χ4v) is 3.04. The number of hydrogen-bond donors (Lipinski definition) is 2. The Morgan fingerprint density at radius 3 is 2.85 bits per heavy atom. The van der Waals surface area contributed by atoms with Crippen LogP contribution in [0.25, 0.3) is 0 Å². The fourth-order valence-electron chi connectivity index (χ4n) is 2.26. The van der Waals surface area contributed by atoms with Crippen LogP contribution in [0.15, 0.2) is 40.9 Å². The summed E-state index contributed by atoms with van der Waals surface area (Å²) in [5, 5.41) is 6.78. The molecule has 0 aliphatic carbocycles.